The molecule has 17 heavy (non-hydrogen) atoms. The van der Waals surface area contributed by atoms with Gasteiger partial charge in [0.15, 0.2) is 11.6 Å². The summed E-state index contributed by atoms with van der Waals surface area (Å²) >= 11 is 1.27. The molecule has 0 aliphatic rings. The van der Waals surface area contributed by atoms with Crippen LogP contribution in [-0.2, 0) is 0 Å². The number of hydrogen-bond donors (Lipinski definition) is 1. The summed E-state index contributed by atoms with van der Waals surface area (Å²) in [4.78, 5) is 0.586. The second kappa shape index (κ2) is 5.53. The fraction of sp³-hybridized carbons (Fsp3) is 0.0909. The number of thiophene rings is 1. The predicted octanol–water partition coefficient (Wildman–Crippen LogP) is 3.64. The van der Waals surface area contributed by atoms with Crippen molar-refractivity contribution in [2.75, 3.05) is 0 Å². The number of nitrogens with two attached hydrogens (primary N) is 1. The van der Waals surface area contributed by atoms with E-state index in [1.54, 1.807) is 17.5 Å². The predicted molar refractivity (Wildman–Crippen MR) is 63.9 cm³/mol. The Bertz CT molecular complexity index is 502. The topological polar surface area (TPSA) is 26.0 Å². The molecular weight excluding hydrogens is 271 g/mol. The van der Waals surface area contributed by atoms with Crippen molar-refractivity contribution in [2.24, 2.45) is 5.73 Å². The van der Waals surface area contributed by atoms with Crippen molar-refractivity contribution >= 4 is 23.7 Å². The summed E-state index contributed by atoms with van der Waals surface area (Å²) in [6.07, 6.45) is 0. The van der Waals surface area contributed by atoms with E-state index in [-0.39, 0.29) is 12.4 Å². The molecule has 92 valence electrons. The summed E-state index contributed by atoms with van der Waals surface area (Å²) < 4.78 is 39.8. The molecular formula is C11H9ClF3NS. The molecule has 2 rings (SSSR count). The van der Waals surface area contributed by atoms with Crippen LogP contribution >= 0.6 is 23.7 Å². The van der Waals surface area contributed by atoms with Crippen molar-refractivity contribution in [3.63, 3.8) is 0 Å². The molecule has 2 aromatic rings. The van der Waals surface area contributed by atoms with E-state index in [1.807, 2.05) is 0 Å². The first-order valence-corrected chi connectivity index (χ1v) is 5.41. The molecule has 0 bridgehead atoms. The van der Waals surface area contributed by atoms with Gasteiger partial charge < -0.3 is 5.73 Å². The minimum Gasteiger partial charge on any atom is -0.319 e. The largest absolute Gasteiger partial charge is 0.319 e. The Kier molecular flexibility index (Phi) is 4.56. The van der Waals surface area contributed by atoms with Gasteiger partial charge in [0.05, 0.1) is 6.04 Å². The van der Waals surface area contributed by atoms with Crippen molar-refractivity contribution in [3.8, 4) is 0 Å². The zero-order valence-corrected chi connectivity index (χ0v) is 10.1. The molecule has 1 aromatic carbocycles. The van der Waals surface area contributed by atoms with Crippen molar-refractivity contribution in [2.45, 2.75) is 6.04 Å². The van der Waals surface area contributed by atoms with E-state index in [0.29, 0.717) is 4.88 Å². The summed E-state index contributed by atoms with van der Waals surface area (Å²) in [5, 5.41) is 1.74. The summed E-state index contributed by atoms with van der Waals surface area (Å²) in [5.41, 5.74) is 5.27. The molecule has 0 unspecified atom stereocenters. The summed E-state index contributed by atoms with van der Waals surface area (Å²) in [5.74, 6) is -3.15. The lowest BCUT2D eigenvalue weighted by Crippen LogP contribution is -2.15. The Hall–Kier alpha value is -1.04. The fourth-order valence-corrected chi connectivity index (χ4v) is 2.17. The molecule has 6 heteroatoms. The highest BCUT2D eigenvalue weighted by atomic mass is 35.5. The normalized spacial score (nSPS) is 12.0. The standard InChI is InChI=1S/C11H8F3NS.ClH/c12-6-3-4-7(13)10(14)9(6)11(15)8-2-1-5-16-8;/h1-5,11H,15H2;1H/t11-;/m1./s1. The van der Waals surface area contributed by atoms with E-state index in [0.717, 1.165) is 12.1 Å². The molecule has 0 radical (unpaired) electrons. The van der Waals surface area contributed by atoms with Crippen molar-refractivity contribution in [1.29, 1.82) is 0 Å². The first-order valence-electron chi connectivity index (χ1n) is 4.53. The van der Waals surface area contributed by atoms with Gasteiger partial charge in [0.1, 0.15) is 5.82 Å². The van der Waals surface area contributed by atoms with Crippen LogP contribution in [0.2, 0.25) is 0 Å². The quantitative estimate of drug-likeness (QED) is 0.835. The third-order valence-electron chi connectivity index (χ3n) is 2.24. The Morgan fingerprint density at radius 3 is 2.29 bits per heavy atom. The fourth-order valence-electron chi connectivity index (χ4n) is 1.44. The maximum absolute atomic E-state index is 13.4. The van der Waals surface area contributed by atoms with Crippen LogP contribution in [-0.4, -0.2) is 0 Å². The highest BCUT2D eigenvalue weighted by molar-refractivity contribution is 7.10. The number of benzene rings is 1. The van der Waals surface area contributed by atoms with Crippen molar-refractivity contribution in [3.05, 3.63) is 57.5 Å². The molecule has 0 amide bonds. The number of halogens is 4. The van der Waals surface area contributed by atoms with Crippen LogP contribution < -0.4 is 5.73 Å². The van der Waals surface area contributed by atoms with Gasteiger partial charge in [0, 0.05) is 10.4 Å². The van der Waals surface area contributed by atoms with Gasteiger partial charge in [-0.2, -0.15) is 0 Å². The van der Waals surface area contributed by atoms with Crippen LogP contribution in [0.4, 0.5) is 13.2 Å². The van der Waals surface area contributed by atoms with Crippen LogP contribution in [0, 0.1) is 17.5 Å². The average molecular weight is 280 g/mol. The van der Waals surface area contributed by atoms with E-state index in [2.05, 4.69) is 0 Å². The van der Waals surface area contributed by atoms with Crippen LogP contribution in [0.25, 0.3) is 0 Å². The van der Waals surface area contributed by atoms with Gasteiger partial charge in [-0.05, 0) is 23.6 Å². The van der Waals surface area contributed by atoms with Crippen LogP contribution in [0.3, 0.4) is 0 Å². The van der Waals surface area contributed by atoms with Gasteiger partial charge in [-0.3, -0.25) is 0 Å². The molecule has 1 atom stereocenters. The Morgan fingerprint density at radius 2 is 1.71 bits per heavy atom. The smallest absolute Gasteiger partial charge is 0.166 e. The average Bonchev–Trinajstić information content (AvgIpc) is 2.77. The third-order valence-corrected chi connectivity index (χ3v) is 3.20. The number of rotatable bonds is 2. The minimum absolute atomic E-state index is 0. The summed E-state index contributed by atoms with van der Waals surface area (Å²) in [7, 11) is 0. The van der Waals surface area contributed by atoms with Crippen molar-refractivity contribution in [1.82, 2.24) is 0 Å². The zero-order chi connectivity index (χ0) is 11.7. The van der Waals surface area contributed by atoms with Gasteiger partial charge in [-0.25, -0.2) is 13.2 Å². The second-order valence-electron chi connectivity index (χ2n) is 3.25. The monoisotopic (exact) mass is 279 g/mol. The molecule has 2 N–H and O–H groups in total. The van der Waals surface area contributed by atoms with Gasteiger partial charge >= 0.3 is 0 Å². The van der Waals surface area contributed by atoms with Gasteiger partial charge in [0.25, 0.3) is 0 Å². The zero-order valence-electron chi connectivity index (χ0n) is 8.49. The lowest BCUT2D eigenvalue weighted by atomic mass is 10.0. The van der Waals surface area contributed by atoms with E-state index < -0.39 is 29.1 Å². The van der Waals surface area contributed by atoms with Crippen molar-refractivity contribution < 1.29 is 13.2 Å². The maximum Gasteiger partial charge on any atom is 0.166 e. The molecule has 0 aliphatic heterocycles. The Labute approximate surface area is 106 Å². The Balaban J connectivity index is 0.00000144. The number of hydrogen-bond acceptors (Lipinski definition) is 2. The summed E-state index contributed by atoms with van der Waals surface area (Å²) in [6.45, 7) is 0. The summed E-state index contributed by atoms with van der Waals surface area (Å²) in [6, 6.07) is 4.01. The van der Waals surface area contributed by atoms with E-state index in [4.69, 9.17) is 5.73 Å². The van der Waals surface area contributed by atoms with Gasteiger partial charge in [-0.15, -0.1) is 23.7 Å². The molecule has 1 nitrogen and oxygen atoms in total. The highest BCUT2D eigenvalue weighted by Gasteiger charge is 2.21. The lowest BCUT2D eigenvalue weighted by Gasteiger charge is -2.12. The van der Waals surface area contributed by atoms with Gasteiger partial charge in [-0.1, -0.05) is 6.07 Å². The molecule has 1 heterocycles. The molecule has 0 aliphatic carbocycles. The maximum atomic E-state index is 13.4. The Morgan fingerprint density at radius 1 is 1.06 bits per heavy atom. The second-order valence-corrected chi connectivity index (χ2v) is 4.23. The lowest BCUT2D eigenvalue weighted by molar-refractivity contribution is 0.474. The van der Waals surface area contributed by atoms with E-state index >= 15 is 0 Å². The van der Waals surface area contributed by atoms with Crippen LogP contribution in [0.5, 0.6) is 0 Å². The molecule has 0 saturated carbocycles. The molecule has 1 aromatic heterocycles. The molecule has 0 saturated heterocycles. The van der Waals surface area contributed by atoms with Crippen LogP contribution in [0.15, 0.2) is 29.6 Å². The first kappa shape index (κ1) is 14.0. The van der Waals surface area contributed by atoms with Crippen LogP contribution in [0.1, 0.15) is 16.5 Å². The van der Waals surface area contributed by atoms with Gasteiger partial charge in [0.2, 0.25) is 0 Å². The van der Waals surface area contributed by atoms with E-state index in [1.165, 1.54) is 11.3 Å². The first-order chi connectivity index (χ1) is 7.61. The highest BCUT2D eigenvalue weighted by Crippen LogP contribution is 2.28. The molecule has 0 spiro atoms. The minimum atomic E-state index is -1.22. The van der Waals surface area contributed by atoms with E-state index in [9.17, 15) is 13.2 Å². The molecule has 0 fully saturated rings. The third kappa shape index (κ3) is 2.62. The SMILES string of the molecule is Cl.N[C@H](c1cccs1)c1c(F)ccc(F)c1F.